The number of rotatable bonds is 7. The molecule has 21 heavy (non-hydrogen) atoms. The SMILES string of the molecule is Cc1nc(CCN)cc(NC[C@@H](O)Cc2ccccc2)n1. The first-order chi connectivity index (χ1) is 10.2. The van der Waals surface area contributed by atoms with Crippen LogP contribution in [0.4, 0.5) is 5.82 Å². The van der Waals surface area contributed by atoms with E-state index in [1.165, 1.54) is 0 Å². The van der Waals surface area contributed by atoms with E-state index in [2.05, 4.69) is 15.3 Å². The zero-order valence-electron chi connectivity index (χ0n) is 12.3. The van der Waals surface area contributed by atoms with Crippen LogP contribution in [0.2, 0.25) is 0 Å². The van der Waals surface area contributed by atoms with E-state index in [1.54, 1.807) is 0 Å². The molecular weight excluding hydrogens is 264 g/mol. The molecule has 1 atom stereocenters. The largest absolute Gasteiger partial charge is 0.391 e. The van der Waals surface area contributed by atoms with Crippen LogP contribution in [0.15, 0.2) is 36.4 Å². The third kappa shape index (κ3) is 5.13. The molecule has 0 unspecified atom stereocenters. The van der Waals surface area contributed by atoms with E-state index < -0.39 is 6.10 Å². The van der Waals surface area contributed by atoms with E-state index in [9.17, 15) is 5.11 Å². The number of hydrogen-bond acceptors (Lipinski definition) is 5. The Morgan fingerprint density at radius 1 is 1.24 bits per heavy atom. The van der Waals surface area contributed by atoms with E-state index in [0.717, 1.165) is 23.5 Å². The number of nitrogens with two attached hydrogens (primary N) is 1. The average molecular weight is 286 g/mol. The summed E-state index contributed by atoms with van der Waals surface area (Å²) in [5.41, 5.74) is 7.59. The Hall–Kier alpha value is -1.98. The summed E-state index contributed by atoms with van der Waals surface area (Å²) in [5, 5.41) is 13.2. The molecule has 2 aromatic rings. The fourth-order valence-electron chi connectivity index (χ4n) is 2.18. The van der Waals surface area contributed by atoms with Crippen LogP contribution in [0.5, 0.6) is 0 Å². The van der Waals surface area contributed by atoms with Gasteiger partial charge in [0.2, 0.25) is 0 Å². The molecule has 5 nitrogen and oxygen atoms in total. The van der Waals surface area contributed by atoms with Gasteiger partial charge in [-0.2, -0.15) is 0 Å². The lowest BCUT2D eigenvalue weighted by atomic mass is 10.1. The molecule has 1 aromatic heterocycles. The van der Waals surface area contributed by atoms with Gasteiger partial charge in [-0.1, -0.05) is 30.3 Å². The second kappa shape index (κ2) is 7.71. The molecule has 1 heterocycles. The zero-order valence-corrected chi connectivity index (χ0v) is 12.3. The monoisotopic (exact) mass is 286 g/mol. The molecule has 2 rings (SSSR count). The van der Waals surface area contributed by atoms with Gasteiger partial charge in [-0.05, 0) is 19.0 Å². The van der Waals surface area contributed by atoms with E-state index in [4.69, 9.17) is 5.73 Å². The number of aliphatic hydroxyl groups is 1. The molecule has 5 heteroatoms. The minimum atomic E-state index is -0.458. The first kappa shape index (κ1) is 15.4. The third-order valence-corrected chi connectivity index (χ3v) is 3.12. The molecule has 0 aliphatic rings. The Bertz CT molecular complexity index is 559. The highest BCUT2D eigenvalue weighted by Crippen LogP contribution is 2.08. The minimum absolute atomic E-state index is 0.452. The fraction of sp³-hybridized carbons (Fsp3) is 0.375. The molecule has 0 saturated heterocycles. The number of benzene rings is 1. The van der Waals surface area contributed by atoms with Crippen LogP contribution in [-0.4, -0.2) is 34.3 Å². The molecule has 0 amide bonds. The van der Waals surface area contributed by atoms with Crippen molar-refractivity contribution in [2.24, 2.45) is 5.73 Å². The predicted octanol–water partition coefficient (Wildman–Crippen LogP) is 1.30. The predicted molar refractivity (Wildman–Crippen MR) is 84.2 cm³/mol. The summed E-state index contributed by atoms with van der Waals surface area (Å²) < 4.78 is 0. The number of nitrogens with one attached hydrogen (secondary N) is 1. The molecule has 4 N–H and O–H groups in total. The van der Waals surface area contributed by atoms with Gasteiger partial charge in [0.25, 0.3) is 0 Å². The van der Waals surface area contributed by atoms with Crippen molar-refractivity contribution in [2.75, 3.05) is 18.4 Å². The van der Waals surface area contributed by atoms with Crippen molar-refractivity contribution in [3.05, 3.63) is 53.5 Å². The molecule has 0 fully saturated rings. The summed E-state index contributed by atoms with van der Waals surface area (Å²) in [6, 6.07) is 11.8. The van der Waals surface area contributed by atoms with Crippen molar-refractivity contribution in [2.45, 2.75) is 25.9 Å². The summed E-state index contributed by atoms with van der Waals surface area (Å²) in [5.74, 6) is 1.44. The van der Waals surface area contributed by atoms with Gasteiger partial charge in [-0.3, -0.25) is 0 Å². The van der Waals surface area contributed by atoms with E-state index in [0.29, 0.717) is 25.3 Å². The Morgan fingerprint density at radius 3 is 2.71 bits per heavy atom. The summed E-state index contributed by atoms with van der Waals surface area (Å²) in [4.78, 5) is 8.65. The standard InChI is InChI=1S/C16H22N4O/c1-12-19-14(7-8-17)10-16(20-12)18-11-15(21)9-13-5-3-2-4-6-13/h2-6,10,15,21H,7-9,11,17H2,1H3,(H,18,19,20)/t15-/m0/s1. The highest BCUT2D eigenvalue weighted by atomic mass is 16.3. The molecular formula is C16H22N4O. The van der Waals surface area contributed by atoms with E-state index in [1.807, 2.05) is 43.3 Å². The summed E-state index contributed by atoms with van der Waals surface area (Å²) in [6.45, 7) is 2.87. The summed E-state index contributed by atoms with van der Waals surface area (Å²) in [6.07, 6.45) is 0.888. The number of aliphatic hydroxyl groups excluding tert-OH is 1. The van der Waals surface area contributed by atoms with Crippen molar-refractivity contribution in [1.82, 2.24) is 9.97 Å². The van der Waals surface area contributed by atoms with Crippen LogP contribution in [-0.2, 0) is 12.8 Å². The summed E-state index contributed by atoms with van der Waals surface area (Å²) in [7, 11) is 0. The van der Waals surface area contributed by atoms with Gasteiger partial charge in [0, 0.05) is 31.1 Å². The highest BCUT2D eigenvalue weighted by molar-refractivity contribution is 5.36. The molecule has 0 bridgehead atoms. The van der Waals surface area contributed by atoms with Gasteiger partial charge < -0.3 is 16.2 Å². The second-order valence-corrected chi connectivity index (χ2v) is 5.05. The van der Waals surface area contributed by atoms with Gasteiger partial charge in [-0.15, -0.1) is 0 Å². The molecule has 112 valence electrons. The van der Waals surface area contributed by atoms with Crippen molar-refractivity contribution >= 4 is 5.82 Å². The van der Waals surface area contributed by atoms with Crippen LogP contribution in [0, 0.1) is 6.92 Å². The second-order valence-electron chi connectivity index (χ2n) is 5.05. The van der Waals surface area contributed by atoms with Crippen LogP contribution < -0.4 is 11.1 Å². The Morgan fingerprint density at radius 2 is 2.00 bits per heavy atom. The maximum absolute atomic E-state index is 10.1. The Kier molecular flexibility index (Phi) is 5.66. The zero-order chi connectivity index (χ0) is 15.1. The lowest BCUT2D eigenvalue weighted by Crippen LogP contribution is -2.22. The maximum atomic E-state index is 10.1. The van der Waals surface area contributed by atoms with Gasteiger partial charge in [0.15, 0.2) is 0 Å². The minimum Gasteiger partial charge on any atom is -0.391 e. The maximum Gasteiger partial charge on any atom is 0.130 e. The Labute approximate surface area is 125 Å². The molecule has 1 aromatic carbocycles. The van der Waals surface area contributed by atoms with Crippen molar-refractivity contribution in [3.63, 3.8) is 0 Å². The number of hydrogen-bond donors (Lipinski definition) is 3. The number of aromatic nitrogens is 2. The summed E-state index contributed by atoms with van der Waals surface area (Å²) >= 11 is 0. The van der Waals surface area contributed by atoms with Gasteiger partial charge in [0.1, 0.15) is 11.6 Å². The van der Waals surface area contributed by atoms with Gasteiger partial charge >= 0.3 is 0 Å². The van der Waals surface area contributed by atoms with Gasteiger partial charge in [-0.25, -0.2) is 9.97 Å². The molecule has 0 spiro atoms. The topological polar surface area (TPSA) is 84.1 Å². The first-order valence-corrected chi connectivity index (χ1v) is 7.18. The van der Waals surface area contributed by atoms with Gasteiger partial charge in [0.05, 0.1) is 6.10 Å². The number of anilines is 1. The van der Waals surface area contributed by atoms with E-state index in [-0.39, 0.29) is 0 Å². The Balaban J connectivity index is 1.90. The lowest BCUT2D eigenvalue weighted by molar-refractivity contribution is 0.188. The van der Waals surface area contributed by atoms with Crippen LogP contribution in [0.25, 0.3) is 0 Å². The van der Waals surface area contributed by atoms with Crippen molar-refractivity contribution < 1.29 is 5.11 Å². The normalized spacial score (nSPS) is 12.1. The van der Waals surface area contributed by atoms with Crippen LogP contribution in [0.1, 0.15) is 17.1 Å². The third-order valence-electron chi connectivity index (χ3n) is 3.12. The molecule has 0 aliphatic carbocycles. The molecule has 0 radical (unpaired) electrons. The highest BCUT2D eigenvalue weighted by Gasteiger charge is 2.07. The van der Waals surface area contributed by atoms with Crippen molar-refractivity contribution in [3.8, 4) is 0 Å². The lowest BCUT2D eigenvalue weighted by Gasteiger charge is -2.13. The first-order valence-electron chi connectivity index (χ1n) is 7.18. The molecule has 0 saturated carbocycles. The smallest absolute Gasteiger partial charge is 0.130 e. The van der Waals surface area contributed by atoms with Crippen LogP contribution >= 0.6 is 0 Å². The van der Waals surface area contributed by atoms with E-state index >= 15 is 0 Å². The number of aryl methyl sites for hydroxylation is 1. The average Bonchev–Trinajstić information content (AvgIpc) is 2.46. The number of nitrogens with zero attached hydrogens (tertiary/aromatic N) is 2. The van der Waals surface area contributed by atoms with Crippen LogP contribution in [0.3, 0.4) is 0 Å². The fourth-order valence-corrected chi connectivity index (χ4v) is 2.18. The van der Waals surface area contributed by atoms with Crippen molar-refractivity contribution in [1.29, 1.82) is 0 Å². The quantitative estimate of drug-likeness (QED) is 0.714. The molecule has 0 aliphatic heterocycles.